The molecule has 0 amide bonds. The number of carbonyl (C=O) groups is 1. The van der Waals surface area contributed by atoms with Crippen molar-refractivity contribution < 1.29 is 18.5 Å². The molecule has 0 aromatic heterocycles. The van der Waals surface area contributed by atoms with E-state index in [9.17, 15) is 13.7 Å². The van der Waals surface area contributed by atoms with E-state index < -0.39 is 27.9 Å². The first-order valence-corrected chi connectivity index (χ1v) is 8.20. The number of hydrogen-bond acceptors (Lipinski definition) is 4. The van der Waals surface area contributed by atoms with Crippen LogP contribution in [0.2, 0.25) is 0 Å². The maximum absolute atomic E-state index is 14.0. The maximum Gasteiger partial charge on any atom is 0.362 e. The Morgan fingerprint density at radius 1 is 1.48 bits per heavy atom. The molecule has 1 aromatic carbocycles. The quantitative estimate of drug-likeness (QED) is 0.458. The zero-order valence-corrected chi connectivity index (χ0v) is 14.7. The van der Waals surface area contributed by atoms with E-state index in [4.69, 9.17) is 4.74 Å². The van der Waals surface area contributed by atoms with Crippen molar-refractivity contribution in [1.82, 2.24) is 0 Å². The van der Waals surface area contributed by atoms with E-state index in [1.807, 2.05) is 0 Å². The van der Waals surface area contributed by atoms with Crippen LogP contribution in [0.25, 0.3) is 0 Å². The molecular formula is C14H17BrFNO3S. The number of esters is 1. The fourth-order valence-corrected chi connectivity index (χ4v) is 2.27. The van der Waals surface area contributed by atoms with Crippen molar-refractivity contribution in [3.63, 3.8) is 0 Å². The summed E-state index contributed by atoms with van der Waals surface area (Å²) in [5.74, 6) is -1.43. The molecule has 0 N–H and O–H groups in total. The number of rotatable bonds is 4. The Morgan fingerprint density at radius 3 is 2.62 bits per heavy atom. The molecular weight excluding hydrogens is 361 g/mol. The van der Waals surface area contributed by atoms with E-state index in [0.29, 0.717) is 4.47 Å². The Kier molecular flexibility index (Phi) is 6.37. The lowest BCUT2D eigenvalue weighted by molar-refractivity contribution is -0.134. The van der Waals surface area contributed by atoms with Crippen molar-refractivity contribution in [2.45, 2.75) is 32.4 Å². The topological polar surface area (TPSA) is 61.7 Å². The molecule has 116 valence electrons. The largest absolute Gasteiger partial charge is 0.591 e. The Bertz CT molecular complexity index is 558. The van der Waals surface area contributed by atoms with Crippen LogP contribution >= 0.6 is 15.9 Å². The number of benzene rings is 1. The van der Waals surface area contributed by atoms with Crippen molar-refractivity contribution in [1.29, 1.82) is 0 Å². The van der Waals surface area contributed by atoms with E-state index in [2.05, 4.69) is 20.3 Å². The van der Waals surface area contributed by atoms with Gasteiger partial charge in [0, 0.05) is 10.0 Å². The van der Waals surface area contributed by atoms with Crippen LogP contribution in [0.1, 0.15) is 33.3 Å². The van der Waals surface area contributed by atoms with Crippen molar-refractivity contribution in [3.8, 4) is 0 Å². The Morgan fingerprint density at radius 2 is 2.10 bits per heavy atom. The highest BCUT2D eigenvalue weighted by atomic mass is 79.9. The third-order valence-electron chi connectivity index (χ3n) is 2.35. The first-order valence-electron chi connectivity index (χ1n) is 6.30. The lowest BCUT2D eigenvalue weighted by Gasteiger charge is -2.19. The summed E-state index contributed by atoms with van der Waals surface area (Å²) in [5.41, 5.74) is -0.315. The van der Waals surface area contributed by atoms with E-state index >= 15 is 0 Å². The smallest absolute Gasteiger partial charge is 0.362 e. The van der Waals surface area contributed by atoms with Crippen molar-refractivity contribution in [3.05, 3.63) is 34.1 Å². The summed E-state index contributed by atoms with van der Waals surface area (Å²) in [6.45, 7) is 6.90. The molecule has 0 aliphatic heterocycles. The molecule has 0 bridgehead atoms. The summed E-state index contributed by atoms with van der Waals surface area (Å²) < 4.78 is 34.8. The lowest BCUT2D eigenvalue weighted by Crippen LogP contribution is -2.29. The van der Waals surface area contributed by atoms with Crippen LogP contribution < -0.4 is 0 Å². The predicted octanol–water partition coefficient (Wildman–Crippen LogP) is 3.40. The lowest BCUT2D eigenvalue weighted by atomic mass is 10.1. The molecule has 0 aliphatic carbocycles. The van der Waals surface area contributed by atoms with Crippen LogP contribution in [0.3, 0.4) is 0 Å². The normalized spacial score (nSPS) is 14.0. The van der Waals surface area contributed by atoms with Crippen molar-refractivity contribution in [2.75, 3.05) is 6.61 Å². The molecule has 0 spiro atoms. The number of carbonyl (C=O) groups excluding carboxylic acids is 1. The predicted molar refractivity (Wildman–Crippen MR) is 85.2 cm³/mol. The summed E-state index contributed by atoms with van der Waals surface area (Å²) in [5, 5.41) is 0. The molecule has 0 radical (unpaired) electrons. The molecule has 7 heteroatoms. The zero-order chi connectivity index (χ0) is 16.2. The maximum atomic E-state index is 14.0. The molecule has 4 nitrogen and oxygen atoms in total. The third kappa shape index (κ3) is 5.09. The fraction of sp³-hybridized carbons (Fsp3) is 0.429. The minimum absolute atomic E-state index is 0.0413. The fourth-order valence-electron chi connectivity index (χ4n) is 1.29. The summed E-state index contributed by atoms with van der Waals surface area (Å²) >= 11 is 1.51. The van der Waals surface area contributed by atoms with Crippen LogP contribution in [0, 0.1) is 5.82 Å². The van der Waals surface area contributed by atoms with E-state index in [1.165, 1.54) is 18.2 Å². The van der Waals surface area contributed by atoms with Gasteiger partial charge in [-0.1, -0.05) is 20.3 Å². The van der Waals surface area contributed by atoms with Crippen LogP contribution in [-0.2, 0) is 20.9 Å². The SMILES string of the molecule is CCOC(=O)C(=N[S+]([O-])C(C)(C)C)c1cc(Br)ccc1F. The highest BCUT2D eigenvalue weighted by molar-refractivity contribution is 9.10. The second-order valence-corrected chi connectivity index (χ2v) is 7.97. The Hall–Kier alpha value is -0.920. The first-order chi connectivity index (χ1) is 9.66. The highest BCUT2D eigenvalue weighted by Crippen LogP contribution is 2.21. The Labute approximate surface area is 135 Å². The summed E-state index contributed by atoms with van der Waals surface area (Å²) in [6.07, 6.45) is 0. The molecule has 0 aliphatic rings. The van der Waals surface area contributed by atoms with E-state index in [1.54, 1.807) is 27.7 Å². The first kappa shape index (κ1) is 18.1. The summed E-state index contributed by atoms with van der Waals surface area (Å²) in [4.78, 5) is 12.0. The standard InChI is InChI=1S/C14H17BrFNO3S/c1-5-20-13(18)12(17-21(19)14(2,3)4)10-8-9(15)6-7-11(10)16/h6-8H,5H2,1-4H3. The van der Waals surface area contributed by atoms with Crippen LogP contribution in [0.5, 0.6) is 0 Å². The van der Waals surface area contributed by atoms with Gasteiger partial charge in [-0.15, -0.1) is 0 Å². The number of ether oxygens (including phenoxy) is 1. The zero-order valence-electron chi connectivity index (χ0n) is 12.3. The monoisotopic (exact) mass is 377 g/mol. The van der Waals surface area contributed by atoms with Gasteiger partial charge in [0.15, 0.2) is 0 Å². The molecule has 1 rings (SSSR count). The van der Waals surface area contributed by atoms with Gasteiger partial charge in [0.1, 0.15) is 21.9 Å². The van der Waals surface area contributed by atoms with E-state index in [-0.39, 0.29) is 17.9 Å². The van der Waals surface area contributed by atoms with Gasteiger partial charge < -0.3 is 9.29 Å². The van der Waals surface area contributed by atoms with Crippen molar-refractivity contribution in [2.24, 2.45) is 4.40 Å². The molecule has 0 fully saturated rings. The second kappa shape index (κ2) is 7.38. The molecule has 21 heavy (non-hydrogen) atoms. The second-order valence-electron chi connectivity index (χ2n) is 5.15. The average Bonchev–Trinajstić information content (AvgIpc) is 2.38. The van der Waals surface area contributed by atoms with Crippen molar-refractivity contribution >= 4 is 39.0 Å². The van der Waals surface area contributed by atoms with Gasteiger partial charge in [0.25, 0.3) is 0 Å². The number of nitrogens with zero attached hydrogens (tertiary/aromatic N) is 1. The van der Waals surface area contributed by atoms with Gasteiger partial charge >= 0.3 is 5.97 Å². The molecule has 1 atom stereocenters. The Balaban J connectivity index is 3.35. The van der Waals surface area contributed by atoms with Gasteiger partial charge in [0.05, 0.1) is 6.61 Å². The molecule has 0 heterocycles. The van der Waals surface area contributed by atoms with Crippen LogP contribution in [0.4, 0.5) is 4.39 Å². The van der Waals surface area contributed by atoms with Gasteiger partial charge in [-0.3, -0.25) is 0 Å². The minimum atomic E-state index is -1.70. The molecule has 0 saturated heterocycles. The highest BCUT2D eigenvalue weighted by Gasteiger charge is 2.31. The number of hydrogen-bond donors (Lipinski definition) is 0. The van der Waals surface area contributed by atoms with Gasteiger partial charge in [-0.25, -0.2) is 9.18 Å². The molecule has 1 aromatic rings. The molecule has 0 saturated carbocycles. The van der Waals surface area contributed by atoms with Gasteiger partial charge in [0.2, 0.25) is 5.71 Å². The summed E-state index contributed by atoms with van der Waals surface area (Å²) in [6, 6.07) is 4.11. The number of halogens is 2. The third-order valence-corrected chi connectivity index (χ3v) is 4.24. The van der Waals surface area contributed by atoms with Gasteiger partial charge in [-0.05, 0) is 45.9 Å². The van der Waals surface area contributed by atoms with Gasteiger partial charge in [-0.2, -0.15) is 0 Å². The van der Waals surface area contributed by atoms with Crippen LogP contribution in [-0.4, -0.2) is 27.6 Å². The van der Waals surface area contributed by atoms with E-state index in [0.717, 1.165) is 0 Å². The molecule has 1 unspecified atom stereocenters. The average molecular weight is 378 g/mol. The minimum Gasteiger partial charge on any atom is -0.591 e. The summed E-state index contributed by atoms with van der Waals surface area (Å²) in [7, 11) is 0. The van der Waals surface area contributed by atoms with Crippen LogP contribution in [0.15, 0.2) is 27.1 Å².